The fraction of sp³-hybridized carbons (Fsp3) is 0.174. The zero-order chi connectivity index (χ0) is 22.6. The average molecular weight is 443 g/mol. The van der Waals surface area contributed by atoms with Crippen LogP contribution in [0.1, 0.15) is 11.1 Å². The highest BCUT2D eigenvalue weighted by Crippen LogP contribution is 2.26. The van der Waals surface area contributed by atoms with Gasteiger partial charge in [-0.2, -0.15) is 0 Å². The summed E-state index contributed by atoms with van der Waals surface area (Å²) in [5.74, 6) is -0.720. The molecule has 0 spiro atoms. The van der Waals surface area contributed by atoms with Gasteiger partial charge in [-0.25, -0.2) is 12.8 Å². The summed E-state index contributed by atoms with van der Waals surface area (Å²) < 4.78 is 46.9. The van der Waals surface area contributed by atoms with Gasteiger partial charge >= 0.3 is 0 Å². The first-order valence-corrected chi connectivity index (χ1v) is 10.9. The van der Waals surface area contributed by atoms with Gasteiger partial charge in [0.05, 0.1) is 23.4 Å². The molecular formula is C23H23FN2O4S. The summed E-state index contributed by atoms with van der Waals surface area (Å²) in [5, 5.41) is 2.45. The lowest BCUT2D eigenvalue weighted by molar-refractivity contribution is -0.114. The Morgan fingerprint density at radius 2 is 1.58 bits per heavy atom. The van der Waals surface area contributed by atoms with E-state index >= 15 is 0 Å². The van der Waals surface area contributed by atoms with Gasteiger partial charge in [-0.05, 0) is 67.9 Å². The fourth-order valence-corrected chi connectivity index (χ4v) is 4.36. The molecule has 162 valence electrons. The topological polar surface area (TPSA) is 75.7 Å². The number of nitrogens with zero attached hydrogens (tertiary/aromatic N) is 1. The molecule has 0 saturated heterocycles. The summed E-state index contributed by atoms with van der Waals surface area (Å²) in [6, 6.07) is 17.0. The molecule has 0 atom stereocenters. The van der Waals surface area contributed by atoms with Crippen molar-refractivity contribution in [2.24, 2.45) is 0 Å². The summed E-state index contributed by atoms with van der Waals surface area (Å²) in [5.41, 5.74) is 1.87. The number of methoxy groups -OCH3 is 1. The minimum Gasteiger partial charge on any atom is -0.497 e. The molecule has 0 bridgehead atoms. The van der Waals surface area contributed by atoms with E-state index in [0.717, 1.165) is 9.87 Å². The molecule has 3 rings (SSSR count). The van der Waals surface area contributed by atoms with Crippen molar-refractivity contribution < 1.29 is 22.3 Å². The summed E-state index contributed by atoms with van der Waals surface area (Å²) >= 11 is 0. The monoisotopic (exact) mass is 442 g/mol. The van der Waals surface area contributed by atoms with Crippen LogP contribution in [0, 0.1) is 19.7 Å². The second kappa shape index (κ2) is 9.18. The second-order valence-corrected chi connectivity index (χ2v) is 8.92. The third kappa shape index (κ3) is 5.21. The lowest BCUT2D eigenvalue weighted by atomic mass is 10.2. The van der Waals surface area contributed by atoms with Crippen molar-refractivity contribution in [1.82, 2.24) is 0 Å². The maximum Gasteiger partial charge on any atom is 0.264 e. The van der Waals surface area contributed by atoms with Crippen LogP contribution >= 0.6 is 0 Å². The van der Waals surface area contributed by atoms with Crippen molar-refractivity contribution in [2.45, 2.75) is 18.7 Å². The highest BCUT2D eigenvalue weighted by atomic mass is 32.2. The van der Waals surface area contributed by atoms with Gasteiger partial charge in [-0.1, -0.05) is 23.8 Å². The average Bonchev–Trinajstić information content (AvgIpc) is 2.74. The number of hydrogen-bond acceptors (Lipinski definition) is 4. The van der Waals surface area contributed by atoms with E-state index in [1.54, 1.807) is 49.4 Å². The molecule has 0 aromatic heterocycles. The van der Waals surface area contributed by atoms with Crippen LogP contribution in [0.2, 0.25) is 0 Å². The first kappa shape index (κ1) is 22.3. The van der Waals surface area contributed by atoms with E-state index in [1.165, 1.54) is 31.4 Å². The van der Waals surface area contributed by atoms with Crippen LogP contribution in [0.25, 0.3) is 0 Å². The predicted octanol–water partition coefficient (Wildman–Crippen LogP) is 4.29. The van der Waals surface area contributed by atoms with Crippen molar-refractivity contribution in [3.8, 4) is 5.75 Å². The van der Waals surface area contributed by atoms with Crippen molar-refractivity contribution in [2.75, 3.05) is 23.3 Å². The largest absolute Gasteiger partial charge is 0.497 e. The summed E-state index contributed by atoms with van der Waals surface area (Å²) in [4.78, 5) is 12.7. The number of nitrogens with one attached hydrogen (secondary N) is 1. The van der Waals surface area contributed by atoms with Gasteiger partial charge in [0.25, 0.3) is 10.0 Å². The molecule has 0 heterocycles. The van der Waals surface area contributed by atoms with Crippen LogP contribution in [-0.4, -0.2) is 28.0 Å². The number of halogens is 1. The molecule has 0 fully saturated rings. The molecule has 1 N–H and O–H groups in total. The number of anilines is 2. The normalized spacial score (nSPS) is 11.1. The van der Waals surface area contributed by atoms with E-state index < -0.39 is 28.3 Å². The molecular weight excluding hydrogens is 419 g/mol. The minimum atomic E-state index is -4.06. The van der Waals surface area contributed by atoms with Crippen molar-refractivity contribution in [3.05, 3.63) is 83.7 Å². The minimum absolute atomic E-state index is 0.0157. The number of benzene rings is 3. The lowest BCUT2D eigenvalue weighted by Crippen LogP contribution is -2.38. The van der Waals surface area contributed by atoms with Crippen LogP contribution in [0.4, 0.5) is 15.8 Å². The number of sulfonamides is 1. The van der Waals surface area contributed by atoms with Gasteiger partial charge in [-0.15, -0.1) is 0 Å². The quantitative estimate of drug-likeness (QED) is 0.592. The van der Waals surface area contributed by atoms with E-state index in [4.69, 9.17) is 4.74 Å². The number of rotatable bonds is 7. The Hall–Kier alpha value is -3.39. The molecule has 1 amide bonds. The van der Waals surface area contributed by atoms with E-state index in [0.29, 0.717) is 11.3 Å². The van der Waals surface area contributed by atoms with Crippen LogP contribution < -0.4 is 14.4 Å². The summed E-state index contributed by atoms with van der Waals surface area (Å²) in [6.07, 6.45) is 0. The smallest absolute Gasteiger partial charge is 0.264 e. The molecule has 0 radical (unpaired) electrons. The maximum absolute atomic E-state index is 14.1. The maximum atomic E-state index is 14.1. The molecule has 0 unspecified atom stereocenters. The Bertz CT molecular complexity index is 1180. The highest BCUT2D eigenvalue weighted by molar-refractivity contribution is 7.92. The number of carbonyl (C=O) groups excluding carboxylic acids is 1. The third-order valence-electron chi connectivity index (χ3n) is 4.66. The molecule has 0 aliphatic rings. The third-order valence-corrected chi connectivity index (χ3v) is 6.44. The standard InChI is InChI=1S/C23H23FN2O4S/c1-16-4-11-20(12-5-16)31(28,29)26(18-7-9-19(30-3)10-8-18)15-23(27)25-22-13-6-17(2)14-21(22)24/h4-14H,15H2,1-3H3,(H,25,27). The van der Waals surface area contributed by atoms with Crippen LogP contribution in [0.5, 0.6) is 5.75 Å². The van der Waals surface area contributed by atoms with Crippen LogP contribution in [0.15, 0.2) is 71.6 Å². The van der Waals surface area contributed by atoms with Crippen LogP contribution in [-0.2, 0) is 14.8 Å². The van der Waals surface area contributed by atoms with Gasteiger partial charge in [0.2, 0.25) is 5.91 Å². The van der Waals surface area contributed by atoms with E-state index in [9.17, 15) is 17.6 Å². The van der Waals surface area contributed by atoms with Gasteiger partial charge in [-0.3, -0.25) is 9.10 Å². The molecule has 8 heteroatoms. The molecule has 0 aliphatic heterocycles. The Labute approximate surface area is 181 Å². The van der Waals surface area contributed by atoms with E-state index in [1.807, 2.05) is 6.92 Å². The Morgan fingerprint density at radius 1 is 0.968 bits per heavy atom. The SMILES string of the molecule is COc1ccc(N(CC(=O)Nc2ccc(C)cc2F)S(=O)(=O)c2ccc(C)cc2)cc1. The van der Waals surface area contributed by atoms with Gasteiger partial charge < -0.3 is 10.1 Å². The number of aryl methyl sites for hydroxylation is 2. The Balaban J connectivity index is 1.94. The predicted molar refractivity (Wildman–Crippen MR) is 118 cm³/mol. The molecule has 6 nitrogen and oxygen atoms in total. The second-order valence-electron chi connectivity index (χ2n) is 7.05. The zero-order valence-corrected chi connectivity index (χ0v) is 18.2. The van der Waals surface area contributed by atoms with Crippen LogP contribution in [0.3, 0.4) is 0 Å². The number of hydrogen-bond donors (Lipinski definition) is 1. The zero-order valence-electron chi connectivity index (χ0n) is 17.4. The number of ether oxygens (including phenoxy) is 1. The van der Waals surface area contributed by atoms with E-state index in [-0.39, 0.29) is 16.3 Å². The molecule has 31 heavy (non-hydrogen) atoms. The Kier molecular flexibility index (Phi) is 6.60. The highest BCUT2D eigenvalue weighted by Gasteiger charge is 2.27. The first-order valence-electron chi connectivity index (χ1n) is 9.50. The van der Waals surface area contributed by atoms with Gasteiger partial charge in [0.1, 0.15) is 18.1 Å². The fourth-order valence-electron chi connectivity index (χ4n) is 2.94. The first-order chi connectivity index (χ1) is 14.7. The summed E-state index contributed by atoms with van der Waals surface area (Å²) in [6.45, 7) is 3.05. The van der Waals surface area contributed by atoms with Crippen molar-refractivity contribution >= 4 is 27.3 Å². The molecule has 3 aromatic rings. The number of carbonyl (C=O) groups is 1. The van der Waals surface area contributed by atoms with Crippen molar-refractivity contribution in [3.63, 3.8) is 0 Å². The Morgan fingerprint density at radius 3 is 2.16 bits per heavy atom. The summed E-state index contributed by atoms with van der Waals surface area (Å²) in [7, 11) is -2.56. The molecule has 0 aliphatic carbocycles. The molecule has 0 saturated carbocycles. The van der Waals surface area contributed by atoms with Gasteiger partial charge in [0, 0.05) is 0 Å². The van der Waals surface area contributed by atoms with E-state index in [2.05, 4.69) is 5.32 Å². The van der Waals surface area contributed by atoms with Gasteiger partial charge in [0.15, 0.2) is 0 Å². The molecule has 3 aromatic carbocycles. The lowest BCUT2D eigenvalue weighted by Gasteiger charge is -2.24. The number of amides is 1. The van der Waals surface area contributed by atoms with Crippen molar-refractivity contribution in [1.29, 1.82) is 0 Å².